The lowest BCUT2D eigenvalue weighted by Crippen LogP contribution is -2.25. The Morgan fingerprint density at radius 3 is 2.75 bits per heavy atom. The summed E-state index contributed by atoms with van der Waals surface area (Å²) in [4.78, 5) is 8.34. The molecule has 0 saturated carbocycles. The van der Waals surface area contributed by atoms with Gasteiger partial charge in [-0.3, -0.25) is 0 Å². The van der Waals surface area contributed by atoms with Gasteiger partial charge in [0, 0.05) is 11.8 Å². The largest absolute Gasteiger partial charge is 0.305 e. The summed E-state index contributed by atoms with van der Waals surface area (Å²) in [5.74, 6) is -1.09. The second-order valence-electron chi connectivity index (χ2n) is 4.56. The number of nitrogens with zero attached hydrogens (tertiary/aromatic N) is 2. The molecule has 0 aliphatic heterocycles. The molecule has 1 aromatic heterocycles. The highest BCUT2D eigenvalue weighted by Crippen LogP contribution is 2.24. The summed E-state index contributed by atoms with van der Waals surface area (Å²) < 4.78 is 27.4. The number of aryl methyl sites for hydroxylation is 1. The number of hydrogen-bond acceptors (Lipinski definition) is 3. The van der Waals surface area contributed by atoms with Gasteiger partial charge in [-0.2, -0.15) is 0 Å². The lowest BCUT2D eigenvalue weighted by Gasteiger charge is -2.19. The van der Waals surface area contributed by atoms with E-state index in [0.717, 1.165) is 12.5 Å². The molecule has 1 aromatic carbocycles. The van der Waals surface area contributed by atoms with Crippen LogP contribution in [0.5, 0.6) is 0 Å². The van der Waals surface area contributed by atoms with Crippen molar-refractivity contribution < 1.29 is 8.78 Å². The number of hydrogen-bond donors (Lipinski definition) is 1. The van der Waals surface area contributed by atoms with E-state index in [1.165, 1.54) is 6.07 Å². The van der Waals surface area contributed by atoms with Crippen molar-refractivity contribution in [2.75, 3.05) is 6.54 Å². The zero-order valence-electron chi connectivity index (χ0n) is 11.5. The fourth-order valence-electron chi connectivity index (χ4n) is 2.04. The lowest BCUT2D eigenvalue weighted by atomic mass is 10.0. The van der Waals surface area contributed by atoms with Crippen LogP contribution in [0, 0.1) is 18.6 Å². The van der Waals surface area contributed by atoms with Crippen molar-refractivity contribution >= 4 is 0 Å². The Labute approximate surface area is 117 Å². The summed E-state index contributed by atoms with van der Waals surface area (Å²) in [5, 5.41) is 3.20. The monoisotopic (exact) mass is 277 g/mol. The predicted molar refractivity (Wildman–Crippen MR) is 73.3 cm³/mol. The molecule has 0 saturated heterocycles. The van der Waals surface area contributed by atoms with Gasteiger partial charge in [0.05, 0.1) is 11.7 Å². The molecule has 0 radical (unpaired) electrons. The van der Waals surface area contributed by atoms with E-state index in [1.54, 1.807) is 25.3 Å². The number of benzene rings is 1. The highest BCUT2D eigenvalue weighted by atomic mass is 19.2. The van der Waals surface area contributed by atoms with E-state index in [0.29, 0.717) is 18.1 Å². The van der Waals surface area contributed by atoms with Gasteiger partial charge in [-0.15, -0.1) is 0 Å². The predicted octanol–water partition coefficient (Wildman–Crippen LogP) is 3.15. The van der Waals surface area contributed by atoms with E-state index in [2.05, 4.69) is 15.3 Å². The van der Waals surface area contributed by atoms with Gasteiger partial charge < -0.3 is 5.32 Å². The van der Waals surface area contributed by atoms with Gasteiger partial charge in [-0.25, -0.2) is 18.7 Å². The van der Waals surface area contributed by atoms with Crippen molar-refractivity contribution in [1.29, 1.82) is 0 Å². The van der Waals surface area contributed by atoms with Gasteiger partial charge in [0.25, 0.3) is 0 Å². The van der Waals surface area contributed by atoms with Crippen LogP contribution in [0.1, 0.15) is 36.5 Å². The van der Waals surface area contributed by atoms with E-state index >= 15 is 0 Å². The fraction of sp³-hybridized carbons (Fsp3) is 0.333. The van der Waals surface area contributed by atoms with Crippen molar-refractivity contribution in [2.24, 2.45) is 0 Å². The maximum Gasteiger partial charge on any atom is 0.163 e. The smallest absolute Gasteiger partial charge is 0.163 e. The van der Waals surface area contributed by atoms with Crippen LogP contribution in [0.15, 0.2) is 30.5 Å². The van der Waals surface area contributed by atoms with Gasteiger partial charge >= 0.3 is 0 Å². The minimum absolute atomic E-state index is 0.261. The molecule has 106 valence electrons. The Kier molecular flexibility index (Phi) is 4.74. The first-order valence-corrected chi connectivity index (χ1v) is 6.60. The van der Waals surface area contributed by atoms with Crippen LogP contribution in [-0.2, 0) is 0 Å². The van der Waals surface area contributed by atoms with E-state index in [4.69, 9.17) is 0 Å². The van der Waals surface area contributed by atoms with Crippen molar-refractivity contribution in [3.63, 3.8) is 0 Å². The minimum Gasteiger partial charge on any atom is -0.305 e. The van der Waals surface area contributed by atoms with Crippen LogP contribution < -0.4 is 5.32 Å². The summed E-state index contributed by atoms with van der Waals surface area (Å²) in [5.41, 5.74) is 0.895. The maximum absolute atomic E-state index is 14.0. The summed E-state index contributed by atoms with van der Waals surface area (Å²) in [7, 11) is 0. The molecule has 1 N–H and O–H groups in total. The van der Waals surface area contributed by atoms with Crippen molar-refractivity contribution in [3.8, 4) is 0 Å². The standard InChI is InChI=1S/C15H17F2N3/c1-3-8-19-15(13-7-9-18-10(2)20-13)11-5-4-6-12(16)14(11)17/h4-7,9,15,19H,3,8H2,1-2H3. The molecule has 0 spiro atoms. The second-order valence-corrected chi connectivity index (χ2v) is 4.56. The van der Waals surface area contributed by atoms with Crippen LogP contribution in [-0.4, -0.2) is 16.5 Å². The SMILES string of the molecule is CCCNC(c1ccnc(C)n1)c1cccc(F)c1F. The molecular weight excluding hydrogens is 260 g/mol. The zero-order chi connectivity index (χ0) is 14.5. The van der Waals surface area contributed by atoms with Crippen LogP contribution in [0.25, 0.3) is 0 Å². The molecular formula is C15H17F2N3. The first kappa shape index (κ1) is 14.5. The Morgan fingerprint density at radius 1 is 1.25 bits per heavy atom. The maximum atomic E-state index is 14.0. The number of nitrogens with one attached hydrogen (secondary N) is 1. The molecule has 1 heterocycles. The van der Waals surface area contributed by atoms with Crippen LogP contribution in [0.2, 0.25) is 0 Å². The van der Waals surface area contributed by atoms with E-state index in [9.17, 15) is 8.78 Å². The molecule has 0 bridgehead atoms. The van der Waals surface area contributed by atoms with Crippen LogP contribution in [0.4, 0.5) is 8.78 Å². The van der Waals surface area contributed by atoms with Crippen LogP contribution in [0.3, 0.4) is 0 Å². The van der Waals surface area contributed by atoms with Gasteiger partial charge in [0.1, 0.15) is 5.82 Å². The zero-order valence-corrected chi connectivity index (χ0v) is 11.5. The van der Waals surface area contributed by atoms with E-state index < -0.39 is 17.7 Å². The summed E-state index contributed by atoms with van der Waals surface area (Å²) >= 11 is 0. The molecule has 0 aliphatic rings. The van der Waals surface area contributed by atoms with Gasteiger partial charge in [-0.1, -0.05) is 19.1 Å². The first-order chi connectivity index (χ1) is 9.63. The Balaban J connectivity index is 2.44. The van der Waals surface area contributed by atoms with Gasteiger partial charge in [0.2, 0.25) is 0 Å². The van der Waals surface area contributed by atoms with Crippen LogP contribution >= 0.6 is 0 Å². The molecule has 3 nitrogen and oxygen atoms in total. The molecule has 1 unspecified atom stereocenters. The summed E-state index contributed by atoms with van der Waals surface area (Å²) in [6.45, 7) is 4.46. The number of halogens is 2. The number of rotatable bonds is 5. The second kappa shape index (κ2) is 6.52. The van der Waals surface area contributed by atoms with Crippen molar-refractivity contribution in [1.82, 2.24) is 15.3 Å². The van der Waals surface area contributed by atoms with Gasteiger partial charge in [-0.05, 0) is 32.0 Å². The third kappa shape index (κ3) is 3.17. The third-order valence-corrected chi connectivity index (χ3v) is 2.98. The van der Waals surface area contributed by atoms with Gasteiger partial charge in [0.15, 0.2) is 11.6 Å². The molecule has 2 aromatic rings. The Bertz CT molecular complexity index is 587. The highest BCUT2D eigenvalue weighted by molar-refractivity contribution is 5.29. The quantitative estimate of drug-likeness (QED) is 0.912. The third-order valence-electron chi connectivity index (χ3n) is 2.98. The summed E-state index contributed by atoms with van der Waals surface area (Å²) in [6, 6.07) is 5.42. The average molecular weight is 277 g/mol. The molecule has 1 atom stereocenters. The fourth-order valence-corrected chi connectivity index (χ4v) is 2.04. The highest BCUT2D eigenvalue weighted by Gasteiger charge is 2.20. The Morgan fingerprint density at radius 2 is 2.05 bits per heavy atom. The molecule has 20 heavy (non-hydrogen) atoms. The number of aromatic nitrogens is 2. The van der Waals surface area contributed by atoms with Crippen molar-refractivity contribution in [2.45, 2.75) is 26.3 Å². The molecule has 5 heteroatoms. The molecule has 0 aliphatic carbocycles. The van der Waals surface area contributed by atoms with E-state index in [1.807, 2.05) is 6.92 Å². The topological polar surface area (TPSA) is 37.8 Å². The molecule has 0 amide bonds. The van der Waals surface area contributed by atoms with E-state index in [-0.39, 0.29) is 5.56 Å². The molecule has 2 rings (SSSR count). The lowest BCUT2D eigenvalue weighted by molar-refractivity contribution is 0.477. The average Bonchev–Trinajstić information content (AvgIpc) is 2.44. The van der Waals surface area contributed by atoms with Crippen molar-refractivity contribution in [3.05, 3.63) is 59.2 Å². The summed E-state index contributed by atoms with van der Waals surface area (Å²) in [6.07, 6.45) is 2.51. The molecule has 0 fully saturated rings. The minimum atomic E-state index is -0.850. The normalized spacial score (nSPS) is 12.4. The first-order valence-electron chi connectivity index (χ1n) is 6.60. The Hall–Kier alpha value is -1.88.